The van der Waals surface area contributed by atoms with Crippen molar-refractivity contribution in [2.75, 3.05) is 5.75 Å². The molecular weight excluding hydrogens is 476 g/mol. The first-order chi connectivity index (χ1) is 16.6. The summed E-state index contributed by atoms with van der Waals surface area (Å²) in [4.78, 5) is 56.6. The Morgan fingerprint density at radius 2 is 1.60 bits per heavy atom. The van der Waals surface area contributed by atoms with Crippen LogP contribution in [0.5, 0.6) is 0 Å². The molecule has 8 N–H and O–H groups in total. The first-order valence-electron chi connectivity index (χ1n) is 10.8. The van der Waals surface area contributed by atoms with E-state index in [1.54, 1.807) is 30.3 Å². The molecule has 3 amide bonds. The van der Waals surface area contributed by atoms with Crippen LogP contribution < -0.4 is 21.7 Å². The van der Waals surface area contributed by atoms with Crippen molar-refractivity contribution in [2.45, 2.75) is 50.0 Å². The number of aliphatic hydroxyl groups is 1. The lowest BCUT2D eigenvalue weighted by atomic mass is 10.0. The van der Waals surface area contributed by atoms with E-state index in [9.17, 15) is 29.4 Å². The Morgan fingerprint density at radius 1 is 1.00 bits per heavy atom. The van der Waals surface area contributed by atoms with Crippen molar-refractivity contribution in [3.8, 4) is 0 Å². The van der Waals surface area contributed by atoms with Crippen molar-refractivity contribution in [3.05, 3.63) is 54.1 Å². The number of hydrogen-bond acceptors (Lipinski definition) is 8. The zero-order chi connectivity index (χ0) is 26.0. The first kappa shape index (κ1) is 27.8. The lowest BCUT2D eigenvalue weighted by molar-refractivity contribution is -0.142. The number of nitrogens with two attached hydrogens (primary N) is 1. The Bertz CT molecular complexity index is 988. The fraction of sp³-hybridized carbons (Fsp3) is 0.409. The van der Waals surface area contributed by atoms with Crippen LogP contribution in [0, 0.1) is 0 Å². The molecule has 0 aliphatic heterocycles. The van der Waals surface area contributed by atoms with Gasteiger partial charge in [0.15, 0.2) is 0 Å². The minimum atomic E-state index is -1.26. The van der Waals surface area contributed by atoms with E-state index in [1.807, 2.05) is 0 Å². The second kappa shape index (κ2) is 13.5. The van der Waals surface area contributed by atoms with Gasteiger partial charge in [0.05, 0.1) is 12.4 Å². The highest BCUT2D eigenvalue weighted by molar-refractivity contribution is 7.80. The van der Waals surface area contributed by atoms with Crippen molar-refractivity contribution in [1.82, 2.24) is 25.9 Å². The molecule has 35 heavy (non-hydrogen) atoms. The van der Waals surface area contributed by atoms with E-state index in [2.05, 4.69) is 38.5 Å². The van der Waals surface area contributed by atoms with Gasteiger partial charge in [-0.05, 0) is 12.5 Å². The summed E-state index contributed by atoms with van der Waals surface area (Å²) in [5, 5.41) is 26.5. The zero-order valence-electron chi connectivity index (χ0n) is 19.0. The van der Waals surface area contributed by atoms with Gasteiger partial charge in [-0.2, -0.15) is 12.6 Å². The van der Waals surface area contributed by atoms with Crippen molar-refractivity contribution < 1.29 is 29.4 Å². The molecule has 2 rings (SSSR count). The van der Waals surface area contributed by atoms with E-state index in [1.165, 1.54) is 19.4 Å². The number of rotatable bonds is 13. The fourth-order valence-corrected chi connectivity index (χ4v) is 3.36. The van der Waals surface area contributed by atoms with Crippen LogP contribution in [-0.4, -0.2) is 79.9 Å². The number of carboxylic acids is 1. The molecule has 0 aliphatic carbocycles. The molecule has 1 aromatic carbocycles. The van der Waals surface area contributed by atoms with E-state index in [0.29, 0.717) is 11.3 Å². The average Bonchev–Trinajstić information content (AvgIpc) is 3.34. The SMILES string of the molecule is CC(O)C(N)C(=O)NC(CS)C(=O)NC(Cc1cnc[nH]1)C(=O)NC(Cc1ccccc1)C(=O)O. The van der Waals surface area contributed by atoms with Crippen LogP contribution in [0.25, 0.3) is 0 Å². The minimum absolute atomic E-state index is 0.0182. The van der Waals surface area contributed by atoms with Gasteiger partial charge in [-0.1, -0.05) is 30.3 Å². The molecule has 0 radical (unpaired) electrons. The summed E-state index contributed by atoms with van der Waals surface area (Å²) in [5.74, 6) is -3.59. The second-order valence-corrected chi connectivity index (χ2v) is 8.31. The molecule has 13 heteroatoms. The quantitative estimate of drug-likeness (QED) is 0.148. The predicted molar refractivity (Wildman–Crippen MR) is 129 cm³/mol. The standard InChI is InChI=1S/C22H30N6O6S/c1-12(29)18(23)21(32)28-17(10-35)20(31)26-15(8-14-9-24-11-25-14)19(30)27-16(22(33)34)7-13-5-3-2-4-6-13/h2-6,9,11-12,15-18,29,35H,7-8,10,23H2,1H3,(H,24,25)(H,26,31)(H,27,30)(H,28,32)(H,33,34). The summed E-state index contributed by atoms with van der Waals surface area (Å²) < 4.78 is 0. The normalized spacial score (nSPS) is 15.2. The summed E-state index contributed by atoms with van der Waals surface area (Å²) in [6.45, 7) is 1.33. The van der Waals surface area contributed by atoms with Gasteiger partial charge < -0.3 is 36.9 Å². The lowest BCUT2D eigenvalue weighted by Crippen LogP contribution is -2.59. The number of thiol groups is 1. The number of amides is 3. The zero-order valence-corrected chi connectivity index (χ0v) is 19.9. The van der Waals surface area contributed by atoms with Crippen LogP contribution in [0.2, 0.25) is 0 Å². The number of imidazole rings is 1. The van der Waals surface area contributed by atoms with Crippen molar-refractivity contribution >= 4 is 36.3 Å². The molecule has 5 atom stereocenters. The number of nitrogens with zero attached hydrogens (tertiary/aromatic N) is 1. The Labute approximate surface area is 207 Å². The number of aromatic nitrogens is 2. The molecule has 190 valence electrons. The molecular formula is C22H30N6O6S. The molecule has 0 fully saturated rings. The molecule has 0 bridgehead atoms. The molecule has 5 unspecified atom stereocenters. The molecule has 0 aliphatic rings. The third kappa shape index (κ3) is 8.70. The number of aliphatic hydroxyl groups excluding tert-OH is 1. The van der Waals surface area contributed by atoms with Gasteiger partial charge in [0.1, 0.15) is 24.2 Å². The number of carbonyl (C=O) groups excluding carboxylic acids is 3. The molecule has 1 heterocycles. The van der Waals surface area contributed by atoms with Gasteiger partial charge in [0.25, 0.3) is 0 Å². The van der Waals surface area contributed by atoms with Gasteiger partial charge >= 0.3 is 5.97 Å². The number of hydrogen-bond donors (Lipinski definition) is 8. The topological polar surface area (TPSA) is 200 Å². The Kier molecular flexibility index (Phi) is 10.7. The fourth-order valence-electron chi connectivity index (χ4n) is 3.10. The van der Waals surface area contributed by atoms with E-state index < -0.39 is 54.0 Å². The second-order valence-electron chi connectivity index (χ2n) is 7.94. The van der Waals surface area contributed by atoms with Crippen molar-refractivity contribution in [3.63, 3.8) is 0 Å². The summed E-state index contributed by atoms with van der Waals surface area (Å²) in [7, 11) is 0. The van der Waals surface area contributed by atoms with Gasteiger partial charge in [0.2, 0.25) is 17.7 Å². The van der Waals surface area contributed by atoms with E-state index in [4.69, 9.17) is 5.73 Å². The number of aromatic amines is 1. The third-order valence-corrected chi connectivity index (χ3v) is 5.51. The Morgan fingerprint density at radius 3 is 2.14 bits per heavy atom. The van der Waals surface area contributed by atoms with E-state index in [-0.39, 0.29) is 18.6 Å². The number of benzene rings is 1. The lowest BCUT2D eigenvalue weighted by Gasteiger charge is -2.24. The van der Waals surface area contributed by atoms with Crippen molar-refractivity contribution in [1.29, 1.82) is 0 Å². The molecule has 0 saturated heterocycles. The Hall–Kier alpha value is -3.42. The van der Waals surface area contributed by atoms with Crippen LogP contribution in [0.4, 0.5) is 0 Å². The van der Waals surface area contributed by atoms with Gasteiger partial charge in [-0.3, -0.25) is 14.4 Å². The summed E-state index contributed by atoms with van der Waals surface area (Å²) in [5.41, 5.74) is 6.83. The average molecular weight is 507 g/mol. The highest BCUT2D eigenvalue weighted by atomic mass is 32.1. The first-order valence-corrected chi connectivity index (χ1v) is 11.4. The van der Waals surface area contributed by atoms with Gasteiger partial charge in [-0.25, -0.2) is 9.78 Å². The Balaban J connectivity index is 2.15. The van der Waals surface area contributed by atoms with Crippen LogP contribution in [-0.2, 0) is 32.0 Å². The third-order valence-electron chi connectivity index (χ3n) is 5.15. The smallest absolute Gasteiger partial charge is 0.326 e. The molecule has 1 aromatic heterocycles. The summed E-state index contributed by atoms with van der Waals surface area (Å²) >= 11 is 4.08. The van der Waals surface area contributed by atoms with Crippen LogP contribution in [0.1, 0.15) is 18.2 Å². The summed E-state index contributed by atoms with van der Waals surface area (Å²) in [6, 6.07) is 3.93. The molecule has 12 nitrogen and oxygen atoms in total. The molecule has 2 aromatic rings. The minimum Gasteiger partial charge on any atom is -0.480 e. The van der Waals surface area contributed by atoms with E-state index >= 15 is 0 Å². The maximum absolute atomic E-state index is 13.1. The van der Waals surface area contributed by atoms with Gasteiger partial charge in [0, 0.05) is 30.5 Å². The number of aliphatic carboxylic acids is 1. The highest BCUT2D eigenvalue weighted by Crippen LogP contribution is 2.06. The largest absolute Gasteiger partial charge is 0.480 e. The number of H-pyrrole nitrogens is 1. The number of nitrogens with one attached hydrogen (secondary N) is 4. The molecule has 0 spiro atoms. The monoisotopic (exact) mass is 506 g/mol. The van der Waals surface area contributed by atoms with Crippen LogP contribution in [0.3, 0.4) is 0 Å². The predicted octanol–water partition coefficient (Wildman–Crippen LogP) is -1.63. The highest BCUT2D eigenvalue weighted by Gasteiger charge is 2.31. The maximum Gasteiger partial charge on any atom is 0.326 e. The van der Waals surface area contributed by atoms with E-state index in [0.717, 1.165) is 0 Å². The number of carboxylic acid groups (broad SMARTS) is 1. The maximum atomic E-state index is 13.1. The summed E-state index contributed by atoms with van der Waals surface area (Å²) in [6.07, 6.45) is 1.74. The van der Waals surface area contributed by atoms with Crippen molar-refractivity contribution in [2.24, 2.45) is 5.73 Å². The van der Waals surface area contributed by atoms with Crippen LogP contribution >= 0.6 is 12.6 Å². The molecule has 0 saturated carbocycles. The number of carbonyl (C=O) groups is 4. The van der Waals surface area contributed by atoms with Crippen LogP contribution in [0.15, 0.2) is 42.9 Å². The van der Waals surface area contributed by atoms with Gasteiger partial charge in [-0.15, -0.1) is 0 Å².